The molecular weight excluding hydrogens is 276 g/mol. The Morgan fingerprint density at radius 2 is 2.05 bits per heavy atom. The molecule has 0 aromatic heterocycles. The number of carboxylic acids is 1. The van der Waals surface area contributed by atoms with E-state index >= 15 is 0 Å². The Labute approximate surface area is 121 Å². The van der Waals surface area contributed by atoms with Gasteiger partial charge in [-0.2, -0.15) is 0 Å². The van der Waals surface area contributed by atoms with Crippen LogP contribution >= 0.6 is 0 Å². The third-order valence-corrected chi connectivity index (χ3v) is 3.13. The Hall–Kier alpha value is -2.57. The van der Waals surface area contributed by atoms with Crippen molar-refractivity contribution in [2.75, 3.05) is 26.7 Å². The van der Waals surface area contributed by atoms with Gasteiger partial charge in [-0.05, 0) is 18.6 Å². The Kier molecular flexibility index (Phi) is 4.42. The summed E-state index contributed by atoms with van der Waals surface area (Å²) in [6.45, 7) is 0.587. The van der Waals surface area contributed by atoms with Gasteiger partial charge in [0.25, 0.3) is 0 Å². The van der Waals surface area contributed by atoms with Gasteiger partial charge in [0.1, 0.15) is 17.9 Å². The van der Waals surface area contributed by atoms with Crippen LogP contribution in [0.1, 0.15) is 16.8 Å². The number of carboxylic acid groups (broad SMARTS) is 1. The van der Waals surface area contributed by atoms with Crippen molar-refractivity contribution in [3.8, 4) is 5.75 Å². The fourth-order valence-corrected chi connectivity index (χ4v) is 2.06. The van der Waals surface area contributed by atoms with Crippen molar-refractivity contribution in [2.24, 2.45) is 0 Å². The normalized spacial score (nSPS) is 14.7. The third-order valence-electron chi connectivity index (χ3n) is 3.13. The predicted molar refractivity (Wildman–Crippen MR) is 73.3 cm³/mol. The summed E-state index contributed by atoms with van der Waals surface area (Å²) >= 11 is 0. The minimum atomic E-state index is -1.06. The minimum absolute atomic E-state index is 0.0885. The van der Waals surface area contributed by atoms with Gasteiger partial charge in [-0.1, -0.05) is 12.1 Å². The first-order chi connectivity index (χ1) is 10.0. The van der Waals surface area contributed by atoms with Crippen LogP contribution in [-0.2, 0) is 4.79 Å². The van der Waals surface area contributed by atoms with Gasteiger partial charge < -0.3 is 14.7 Å². The molecule has 0 spiro atoms. The van der Waals surface area contributed by atoms with Gasteiger partial charge in [-0.25, -0.2) is 9.59 Å². The van der Waals surface area contributed by atoms with E-state index in [0.717, 1.165) is 0 Å². The Balaban J connectivity index is 1.84. The summed E-state index contributed by atoms with van der Waals surface area (Å²) in [7, 11) is 1.57. The standard InChI is InChI=1S/C14H16N2O5/c1-15-9-12(17)16(14(15)20)7-4-8-21-11-6-3-2-5-10(11)13(18)19/h2-3,5-6H,4,7-9H2,1H3,(H,18,19). The van der Waals surface area contributed by atoms with Gasteiger partial charge in [0.15, 0.2) is 0 Å². The Morgan fingerprint density at radius 3 is 2.67 bits per heavy atom. The molecule has 0 unspecified atom stereocenters. The number of para-hydroxylation sites is 1. The van der Waals surface area contributed by atoms with E-state index in [2.05, 4.69) is 0 Å². The number of likely N-dealkylation sites (N-methyl/N-ethyl adjacent to an activating group) is 1. The van der Waals surface area contributed by atoms with Crippen molar-refractivity contribution in [1.82, 2.24) is 9.80 Å². The molecule has 0 saturated carbocycles. The van der Waals surface area contributed by atoms with Gasteiger partial charge >= 0.3 is 12.0 Å². The number of hydrogen-bond acceptors (Lipinski definition) is 4. The lowest BCUT2D eigenvalue weighted by atomic mass is 10.2. The average molecular weight is 292 g/mol. The molecule has 0 radical (unpaired) electrons. The number of amides is 3. The zero-order chi connectivity index (χ0) is 15.4. The molecule has 1 aliphatic rings. The van der Waals surface area contributed by atoms with Crippen LogP contribution in [0.15, 0.2) is 24.3 Å². The largest absolute Gasteiger partial charge is 0.493 e. The molecule has 7 nitrogen and oxygen atoms in total. The summed E-state index contributed by atoms with van der Waals surface area (Å²) < 4.78 is 5.41. The molecule has 1 fully saturated rings. The fourth-order valence-electron chi connectivity index (χ4n) is 2.06. The molecule has 0 aliphatic carbocycles. The van der Waals surface area contributed by atoms with Crippen molar-refractivity contribution in [2.45, 2.75) is 6.42 Å². The predicted octanol–water partition coefficient (Wildman–Crippen LogP) is 1.05. The highest BCUT2D eigenvalue weighted by Gasteiger charge is 2.32. The van der Waals surface area contributed by atoms with Gasteiger partial charge in [0.05, 0.1) is 6.61 Å². The smallest absolute Gasteiger partial charge is 0.339 e. The molecule has 7 heteroatoms. The van der Waals surface area contributed by atoms with E-state index in [1.54, 1.807) is 25.2 Å². The third kappa shape index (κ3) is 3.31. The van der Waals surface area contributed by atoms with E-state index in [1.807, 2.05) is 0 Å². The van der Waals surface area contributed by atoms with Crippen LogP contribution < -0.4 is 4.74 Å². The Morgan fingerprint density at radius 1 is 1.33 bits per heavy atom. The minimum Gasteiger partial charge on any atom is -0.493 e. The molecule has 1 saturated heterocycles. The number of carbonyl (C=O) groups is 3. The molecule has 0 atom stereocenters. The second kappa shape index (κ2) is 6.25. The lowest BCUT2D eigenvalue weighted by Crippen LogP contribution is -2.33. The summed E-state index contributed by atoms with van der Waals surface area (Å²) in [6, 6.07) is 6.02. The molecule has 1 heterocycles. The number of benzene rings is 1. The lowest BCUT2D eigenvalue weighted by Gasteiger charge is -2.14. The highest BCUT2D eigenvalue weighted by atomic mass is 16.5. The van der Waals surface area contributed by atoms with E-state index in [-0.39, 0.29) is 42.9 Å². The SMILES string of the molecule is CN1CC(=O)N(CCCOc2ccccc2C(=O)O)C1=O. The number of ether oxygens (including phenoxy) is 1. The molecule has 0 bridgehead atoms. The van der Waals surface area contributed by atoms with Gasteiger partial charge in [0, 0.05) is 13.6 Å². The molecule has 1 aromatic carbocycles. The zero-order valence-corrected chi connectivity index (χ0v) is 11.6. The number of nitrogens with zero attached hydrogens (tertiary/aromatic N) is 2. The maximum Gasteiger partial charge on any atom is 0.339 e. The number of imide groups is 1. The van der Waals surface area contributed by atoms with Crippen LogP contribution in [0.2, 0.25) is 0 Å². The van der Waals surface area contributed by atoms with Crippen molar-refractivity contribution < 1.29 is 24.2 Å². The first-order valence-electron chi connectivity index (χ1n) is 6.51. The molecule has 112 valence electrons. The molecule has 1 N–H and O–H groups in total. The first kappa shape index (κ1) is 14.8. The number of aromatic carboxylic acids is 1. The molecule has 21 heavy (non-hydrogen) atoms. The van der Waals surface area contributed by atoms with E-state index < -0.39 is 5.97 Å². The number of carbonyl (C=O) groups excluding carboxylic acids is 2. The summed E-state index contributed by atoms with van der Waals surface area (Å²) in [5.41, 5.74) is 0.0885. The van der Waals surface area contributed by atoms with Crippen LogP contribution in [0.5, 0.6) is 5.75 Å². The summed E-state index contributed by atoms with van der Waals surface area (Å²) in [6.07, 6.45) is 0.444. The van der Waals surface area contributed by atoms with E-state index in [4.69, 9.17) is 9.84 Å². The number of hydrogen-bond donors (Lipinski definition) is 1. The van der Waals surface area contributed by atoms with Crippen LogP contribution in [0.3, 0.4) is 0 Å². The van der Waals surface area contributed by atoms with Gasteiger partial charge in [0.2, 0.25) is 5.91 Å². The summed E-state index contributed by atoms with van der Waals surface area (Å²) in [5, 5.41) is 9.01. The zero-order valence-electron chi connectivity index (χ0n) is 11.6. The molecule has 1 aliphatic heterocycles. The second-order valence-corrected chi connectivity index (χ2v) is 4.69. The average Bonchev–Trinajstić information content (AvgIpc) is 2.69. The molecule has 1 aromatic rings. The molecular formula is C14H16N2O5. The van der Waals surface area contributed by atoms with Crippen LogP contribution in [0, 0.1) is 0 Å². The maximum absolute atomic E-state index is 11.6. The van der Waals surface area contributed by atoms with Crippen LogP contribution in [-0.4, -0.2) is 59.6 Å². The number of rotatable bonds is 6. The first-order valence-corrected chi connectivity index (χ1v) is 6.51. The Bertz CT molecular complexity index is 572. The van der Waals surface area contributed by atoms with Crippen molar-refractivity contribution in [3.05, 3.63) is 29.8 Å². The van der Waals surface area contributed by atoms with E-state index in [0.29, 0.717) is 6.42 Å². The molecule has 2 rings (SSSR count). The van der Waals surface area contributed by atoms with Crippen LogP contribution in [0.25, 0.3) is 0 Å². The quantitative estimate of drug-likeness (QED) is 0.625. The monoisotopic (exact) mass is 292 g/mol. The highest BCUT2D eigenvalue weighted by molar-refractivity contribution is 6.01. The topological polar surface area (TPSA) is 87.2 Å². The van der Waals surface area contributed by atoms with E-state index in [1.165, 1.54) is 15.9 Å². The maximum atomic E-state index is 11.6. The highest BCUT2D eigenvalue weighted by Crippen LogP contribution is 2.18. The lowest BCUT2D eigenvalue weighted by molar-refractivity contribution is -0.125. The van der Waals surface area contributed by atoms with Gasteiger partial charge in [-0.15, -0.1) is 0 Å². The number of urea groups is 1. The van der Waals surface area contributed by atoms with Crippen molar-refractivity contribution >= 4 is 17.9 Å². The summed E-state index contributed by atoms with van der Waals surface area (Å²) in [5.74, 6) is -1.01. The van der Waals surface area contributed by atoms with Crippen molar-refractivity contribution in [1.29, 1.82) is 0 Å². The fraction of sp³-hybridized carbons (Fsp3) is 0.357. The van der Waals surface area contributed by atoms with Crippen LogP contribution in [0.4, 0.5) is 4.79 Å². The summed E-state index contributed by atoms with van der Waals surface area (Å²) in [4.78, 5) is 36.7. The van der Waals surface area contributed by atoms with E-state index in [9.17, 15) is 14.4 Å². The van der Waals surface area contributed by atoms with Gasteiger partial charge in [-0.3, -0.25) is 9.69 Å². The molecule has 3 amide bonds. The second-order valence-electron chi connectivity index (χ2n) is 4.69. The van der Waals surface area contributed by atoms with Crippen molar-refractivity contribution in [3.63, 3.8) is 0 Å².